The van der Waals surface area contributed by atoms with Crippen molar-refractivity contribution in [2.45, 2.75) is 36.5 Å². The zero-order chi connectivity index (χ0) is 19.6. The lowest BCUT2D eigenvalue weighted by molar-refractivity contribution is -0.0453. The first-order valence-electron chi connectivity index (χ1n) is 8.88. The summed E-state index contributed by atoms with van der Waals surface area (Å²) < 4.78 is 20.7. The second kappa shape index (κ2) is 7.11. The van der Waals surface area contributed by atoms with Crippen LogP contribution in [0.1, 0.15) is 17.5 Å². The van der Waals surface area contributed by atoms with Crippen molar-refractivity contribution in [3.8, 4) is 11.5 Å². The Balaban J connectivity index is 0.000000338. The lowest BCUT2D eigenvalue weighted by Gasteiger charge is -2.56. The van der Waals surface area contributed by atoms with Gasteiger partial charge in [0, 0.05) is 22.9 Å². The maximum absolute atomic E-state index is 10.6. The first-order chi connectivity index (χ1) is 12.7. The smallest absolute Gasteiger partial charge is 0.466 e. The van der Waals surface area contributed by atoms with E-state index in [-0.39, 0.29) is 17.0 Å². The van der Waals surface area contributed by atoms with Gasteiger partial charge in [0.15, 0.2) is 11.5 Å². The first-order valence-corrected chi connectivity index (χ1v) is 10.4. The van der Waals surface area contributed by atoms with Gasteiger partial charge in [-0.05, 0) is 38.1 Å². The normalized spacial score (nSPS) is 34.4. The lowest BCUT2D eigenvalue weighted by Crippen LogP contribution is -2.64. The van der Waals surface area contributed by atoms with Crippen LogP contribution in [0.2, 0.25) is 0 Å². The highest BCUT2D eigenvalue weighted by Gasteiger charge is 2.64. The molecule has 0 aromatic heterocycles. The third-order valence-electron chi connectivity index (χ3n) is 6.35. The van der Waals surface area contributed by atoms with Gasteiger partial charge in [-0.25, -0.2) is 4.57 Å². The van der Waals surface area contributed by atoms with Crippen LogP contribution in [0.3, 0.4) is 0 Å². The molecule has 156 valence electrons. The summed E-state index contributed by atoms with van der Waals surface area (Å²) in [5.41, 5.74) is 2.60. The van der Waals surface area contributed by atoms with E-state index >= 15 is 0 Å². The number of methoxy groups -OCH3 is 1. The monoisotopic (exact) mass is 415 g/mol. The molecule has 5 atom stereocenters. The highest BCUT2D eigenvalue weighted by Crippen LogP contribution is 2.62. The van der Waals surface area contributed by atoms with Crippen LogP contribution in [0.5, 0.6) is 11.5 Å². The molecule has 0 unspecified atom stereocenters. The Morgan fingerprint density at radius 3 is 2.61 bits per heavy atom. The highest BCUT2D eigenvalue weighted by molar-refractivity contribution is 7.45. The zero-order valence-corrected chi connectivity index (χ0v) is 16.5. The molecular formula is C18H26NO8P. The standard InChI is InChI=1S/C18H21NO3.H3O4P.H2O/c1-19-8-7-18-11-4-5-13(20)17(18)22-16-14(21-2)6-3-10(15(16)18)9-12(11)19;1-5(2,3)4;/h3-6,11-13,17,20H,7-9H2,1-2H3;(H3,1,2,3,4);1H2/t11-,12+,13-,17-,18-;;/m0../s1. The summed E-state index contributed by atoms with van der Waals surface area (Å²) in [7, 11) is -0.732. The molecule has 1 fully saturated rings. The minimum atomic E-state index is -4.64. The summed E-state index contributed by atoms with van der Waals surface area (Å²) in [6.07, 6.45) is 5.54. The van der Waals surface area contributed by atoms with E-state index in [1.165, 1.54) is 11.1 Å². The van der Waals surface area contributed by atoms with Gasteiger partial charge in [0.05, 0.1) is 7.11 Å². The Kier molecular flexibility index (Phi) is 5.40. The first kappa shape index (κ1) is 21.3. The van der Waals surface area contributed by atoms with Gasteiger partial charge in [0.2, 0.25) is 0 Å². The van der Waals surface area contributed by atoms with Crippen LogP contribution in [0.25, 0.3) is 0 Å². The van der Waals surface area contributed by atoms with E-state index in [0.717, 1.165) is 30.9 Å². The number of ether oxygens (including phenoxy) is 2. The van der Waals surface area contributed by atoms with Crippen LogP contribution in [0.15, 0.2) is 24.3 Å². The van der Waals surface area contributed by atoms with Crippen molar-refractivity contribution in [1.29, 1.82) is 0 Å². The number of phosphoric acid groups is 1. The van der Waals surface area contributed by atoms with Gasteiger partial charge in [-0.3, -0.25) is 0 Å². The predicted octanol–water partition coefficient (Wildman–Crippen LogP) is -0.252. The van der Waals surface area contributed by atoms with Crippen molar-refractivity contribution in [3.63, 3.8) is 0 Å². The average Bonchev–Trinajstić information content (AvgIpc) is 2.93. The number of hydrogen-bond donors (Lipinski definition) is 4. The maximum Gasteiger partial charge on any atom is 0.466 e. The third kappa shape index (κ3) is 3.07. The molecule has 0 amide bonds. The average molecular weight is 415 g/mol. The van der Waals surface area contributed by atoms with Crippen LogP contribution < -0.4 is 9.47 Å². The summed E-state index contributed by atoms with van der Waals surface area (Å²) in [6.45, 7) is 1.05. The van der Waals surface area contributed by atoms with Gasteiger partial charge >= 0.3 is 7.82 Å². The van der Waals surface area contributed by atoms with Crippen LogP contribution >= 0.6 is 7.82 Å². The topological polar surface area (TPSA) is 151 Å². The van der Waals surface area contributed by atoms with E-state index in [4.69, 9.17) is 28.7 Å². The fourth-order valence-corrected chi connectivity index (χ4v) is 5.39. The van der Waals surface area contributed by atoms with Crippen LogP contribution in [0, 0.1) is 5.92 Å². The molecule has 2 heterocycles. The van der Waals surface area contributed by atoms with E-state index in [2.05, 4.69) is 24.1 Å². The molecule has 9 nitrogen and oxygen atoms in total. The van der Waals surface area contributed by atoms with Gasteiger partial charge in [0.1, 0.15) is 12.2 Å². The summed E-state index contributed by atoms with van der Waals surface area (Å²) in [5.74, 6) is 2.09. The number of nitrogens with zero attached hydrogens (tertiary/aromatic N) is 1. The molecule has 1 aromatic carbocycles. The number of aliphatic hydroxyl groups is 1. The van der Waals surface area contributed by atoms with Crippen LogP contribution in [-0.4, -0.2) is 69.1 Å². The van der Waals surface area contributed by atoms with Crippen molar-refractivity contribution >= 4 is 7.82 Å². The molecular weight excluding hydrogens is 389 g/mol. The summed E-state index contributed by atoms with van der Waals surface area (Å²) in [5, 5.41) is 10.6. The molecule has 10 heteroatoms. The fraction of sp³-hybridized carbons (Fsp3) is 0.556. The van der Waals surface area contributed by atoms with Gasteiger partial charge in [-0.1, -0.05) is 18.2 Å². The van der Waals surface area contributed by atoms with Gasteiger partial charge in [-0.15, -0.1) is 0 Å². The van der Waals surface area contributed by atoms with Crippen LogP contribution in [0.4, 0.5) is 0 Å². The van der Waals surface area contributed by atoms with Gasteiger partial charge < -0.3 is 39.6 Å². The van der Waals surface area contributed by atoms with Crippen molar-refractivity contribution in [2.75, 3.05) is 20.7 Å². The van der Waals surface area contributed by atoms with Gasteiger partial charge in [-0.2, -0.15) is 0 Å². The Morgan fingerprint density at radius 2 is 1.96 bits per heavy atom. The highest BCUT2D eigenvalue weighted by atomic mass is 31.2. The molecule has 0 radical (unpaired) electrons. The molecule has 4 aliphatic rings. The number of hydrogen-bond acceptors (Lipinski definition) is 5. The molecule has 28 heavy (non-hydrogen) atoms. The van der Waals surface area contributed by atoms with E-state index < -0.39 is 13.9 Å². The SMILES string of the molecule is COc1ccc2c3c1O[C@H]1[C@@H](O)C=C[C@H]4[C@@H](C2)N(C)CC[C@@]341.O.O=P(O)(O)O. The number of piperidine rings is 1. The maximum atomic E-state index is 10.6. The quantitative estimate of drug-likeness (QED) is 0.362. The third-order valence-corrected chi connectivity index (χ3v) is 6.35. The second-order valence-corrected chi connectivity index (χ2v) is 8.65. The molecule has 2 aliphatic carbocycles. The summed E-state index contributed by atoms with van der Waals surface area (Å²) in [6, 6.07) is 4.70. The van der Waals surface area contributed by atoms with E-state index in [9.17, 15) is 5.11 Å². The molecule has 1 saturated heterocycles. The van der Waals surface area contributed by atoms with Gasteiger partial charge in [0.25, 0.3) is 0 Å². The summed E-state index contributed by atoms with van der Waals surface area (Å²) >= 11 is 0. The number of likely N-dealkylation sites (N-methyl/N-ethyl adjacent to an activating group) is 1. The predicted molar refractivity (Wildman–Crippen MR) is 100 cm³/mol. The van der Waals surface area contributed by atoms with Crippen molar-refractivity contribution < 1.29 is 39.3 Å². The molecule has 1 aromatic rings. The molecule has 2 aliphatic heterocycles. The van der Waals surface area contributed by atoms with Crippen molar-refractivity contribution in [1.82, 2.24) is 4.90 Å². The van der Waals surface area contributed by atoms with E-state index in [1.54, 1.807) is 7.11 Å². The molecule has 2 bridgehead atoms. The molecule has 0 saturated carbocycles. The van der Waals surface area contributed by atoms with E-state index in [0.29, 0.717) is 12.0 Å². The zero-order valence-electron chi connectivity index (χ0n) is 15.6. The molecule has 6 N–H and O–H groups in total. The number of benzene rings is 1. The number of aliphatic hydroxyl groups excluding tert-OH is 1. The minimum absolute atomic E-state index is 0. The van der Waals surface area contributed by atoms with Crippen molar-refractivity contribution in [2.24, 2.45) is 5.92 Å². The largest absolute Gasteiger partial charge is 0.493 e. The number of rotatable bonds is 1. The fourth-order valence-electron chi connectivity index (χ4n) is 5.39. The Morgan fingerprint density at radius 1 is 1.29 bits per heavy atom. The minimum Gasteiger partial charge on any atom is -0.493 e. The van der Waals surface area contributed by atoms with Crippen molar-refractivity contribution in [3.05, 3.63) is 35.4 Å². The van der Waals surface area contributed by atoms with Crippen LogP contribution in [-0.2, 0) is 16.4 Å². The Bertz CT molecular complexity index is 831. The molecule has 5 rings (SSSR count). The Labute approximate surface area is 162 Å². The number of likely N-dealkylation sites (tertiary alicyclic amines) is 1. The Hall–Kier alpha value is -1.45. The summed E-state index contributed by atoms with van der Waals surface area (Å²) in [4.78, 5) is 24.0. The van der Waals surface area contributed by atoms with E-state index in [1.807, 2.05) is 12.1 Å². The molecule has 1 spiro atoms. The lowest BCUT2D eigenvalue weighted by atomic mass is 9.53. The second-order valence-electron chi connectivity index (χ2n) is 7.63.